The van der Waals surface area contributed by atoms with Gasteiger partial charge in [-0.2, -0.15) is 0 Å². The van der Waals surface area contributed by atoms with E-state index in [0.29, 0.717) is 11.5 Å². The van der Waals surface area contributed by atoms with Gasteiger partial charge in [-0.1, -0.05) is 176 Å². The van der Waals surface area contributed by atoms with Gasteiger partial charge in [-0.3, -0.25) is 0 Å². The summed E-state index contributed by atoms with van der Waals surface area (Å²) >= 11 is 0. The monoisotopic (exact) mass is 833 g/mol. The lowest BCUT2D eigenvalue weighted by atomic mass is 9.63. The Labute approximate surface area is 379 Å². The normalized spacial score (nSPS) is 19.5. The largest absolute Gasteiger partial charge is 0.449 e. The van der Waals surface area contributed by atoms with Gasteiger partial charge in [-0.05, 0) is 122 Å². The van der Waals surface area contributed by atoms with Crippen molar-refractivity contribution in [2.75, 3.05) is 4.90 Å². The molecule has 8 aromatic rings. The van der Waals surface area contributed by atoms with Crippen molar-refractivity contribution in [1.29, 1.82) is 0 Å². The molecule has 8 aromatic carbocycles. The van der Waals surface area contributed by atoms with E-state index in [4.69, 9.17) is 9.47 Å². The second-order valence-corrected chi connectivity index (χ2v) is 18.1. The Bertz CT molecular complexity index is 3370. The molecule has 1 heterocycles. The van der Waals surface area contributed by atoms with E-state index in [1.165, 1.54) is 66.8 Å². The molecule has 0 saturated heterocycles. The third-order valence-electron chi connectivity index (χ3n) is 15.1. The lowest BCUT2D eigenvalue weighted by Gasteiger charge is -2.40. The molecule has 0 bridgehead atoms. The SMILES string of the molecule is C1=CC2=C(CC1)C1(c3ccccc32)c2ccccc2-c2c1ccc1c2Oc2ccc(N(C3=C4c5ccccc5C(c5ccccc5)(c5ccccc5)C4CC=C3)c3ccccc3)cc2O1. The topological polar surface area (TPSA) is 21.7 Å². The predicted molar refractivity (Wildman–Crippen MR) is 262 cm³/mol. The number of benzene rings is 8. The average Bonchev–Trinajstić information content (AvgIpc) is 3.97. The van der Waals surface area contributed by atoms with E-state index in [1.54, 1.807) is 0 Å². The molecule has 3 nitrogen and oxygen atoms in total. The van der Waals surface area contributed by atoms with E-state index in [2.05, 4.69) is 223 Å². The van der Waals surface area contributed by atoms with Crippen LogP contribution in [0.15, 0.2) is 230 Å². The molecule has 0 radical (unpaired) electrons. The molecule has 3 heteroatoms. The summed E-state index contributed by atoms with van der Waals surface area (Å²) in [5.74, 6) is 3.07. The maximum atomic E-state index is 7.13. The number of hydrogen-bond donors (Lipinski definition) is 0. The van der Waals surface area contributed by atoms with Crippen molar-refractivity contribution in [3.05, 3.63) is 274 Å². The van der Waals surface area contributed by atoms with Crippen LogP contribution < -0.4 is 14.4 Å². The Morgan fingerprint density at radius 2 is 1.11 bits per heavy atom. The maximum absolute atomic E-state index is 7.13. The second kappa shape index (κ2) is 13.8. The third kappa shape index (κ3) is 4.85. The average molecular weight is 834 g/mol. The van der Waals surface area contributed by atoms with Crippen LogP contribution in [0, 0.1) is 5.92 Å². The van der Waals surface area contributed by atoms with Gasteiger partial charge < -0.3 is 14.4 Å². The van der Waals surface area contributed by atoms with Crippen molar-refractivity contribution in [2.24, 2.45) is 5.92 Å². The van der Waals surface area contributed by atoms with Crippen LogP contribution in [0.3, 0.4) is 0 Å². The van der Waals surface area contributed by atoms with E-state index in [9.17, 15) is 0 Å². The molecule has 65 heavy (non-hydrogen) atoms. The number of nitrogens with zero attached hydrogens (tertiary/aromatic N) is 1. The van der Waals surface area contributed by atoms with Gasteiger partial charge in [-0.15, -0.1) is 0 Å². The van der Waals surface area contributed by atoms with Crippen molar-refractivity contribution in [3.8, 4) is 34.1 Å². The zero-order chi connectivity index (χ0) is 42.7. The van der Waals surface area contributed by atoms with Crippen molar-refractivity contribution in [3.63, 3.8) is 0 Å². The molecule has 0 amide bonds. The highest BCUT2D eigenvalue weighted by Gasteiger charge is 2.55. The lowest BCUT2D eigenvalue weighted by molar-refractivity contribution is 0.360. The Morgan fingerprint density at radius 1 is 0.477 bits per heavy atom. The van der Waals surface area contributed by atoms with Gasteiger partial charge in [0.15, 0.2) is 23.0 Å². The number of hydrogen-bond acceptors (Lipinski definition) is 3. The molecule has 1 aliphatic heterocycles. The predicted octanol–water partition coefficient (Wildman–Crippen LogP) is 15.5. The smallest absolute Gasteiger partial charge is 0.178 e. The van der Waals surface area contributed by atoms with Crippen LogP contribution in [-0.4, -0.2) is 0 Å². The summed E-state index contributed by atoms with van der Waals surface area (Å²) in [4.78, 5) is 2.42. The molecule has 14 rings (SSSR count). The Kier molecular flexibility index (Phi) is 7.77. The van der Waals surface area contributed by atoms with Crippen LogP contribution in [0.2, 0.25) is 0 Å². The van der Waals surface area contributed by atoms with E-state index in [-0.39, 0.29) is 16.7 Å². The molecule has 2 unspecified atom stereocenters. The molecule has 1 spiro atoms. The molecule has 308 valence electrons. The highest BCUT2D eigenvalue weighted by Crippen LogP contribution is 2.67. The van der Waals surface area contributed by atoms with Crippen molar-refractivity contribution in [1.82, 2.24) is 0 Å². The van der Waals surface area contributed by atoms with E-state index in [0.717, 1.165) is 53.4 Å². The standard InChI is InChI=1S/C62H43NO2/c1-4-19-40(20-5-1)61(41-21-6-2-7-22-41)50-31-16-12-27-46(50)58-52(61)33-18-34-54(58)63(42-23-8-3-9-24-42)43-35-37-55-57(39-43)64-56-38-36-53-59(60(56)65-55)47-28-13-17-32-51(47)62(53)48-29-14-10-25-44(48)45-26-11-15-30-49(45)62/h1-14,16-29,31-32,34-39,52H,15,30,33H2. The van der Waals surface area contributed by atoms with Gasteiger partial charge in [0.2, 0.25) is 0 Å². The van der Waals surface area contributed by atoms with Gasteiger partial charge >= 0.3 is 0 Å². The summed E-state index contributed by atoms with van der Waals surface area (Å²) in [7, 11) is 0. The molecule has 5 aliphatic carbocycles. The number of para-hydroxylation sites is 1. The first-order valence-corrected chi connectivity index (χ1v) is 23.0. The summed E-state index contributed by atoms with van der Waals surface area (Å²) < 4.78 is 14.2. The minimum atomic E-state index is -0.382. The lowest BCUT2D eigenvalue weighted by Crippen LogP contribution is -2.35. The van der Waals surface area contributed by atoms with Crippen molar-refractivity contribution < 1.29 is 9.47 Å². The number of ether oxygens (including phenoxy) is 2. The zero-order valence-corrected chi connectivity index (χ0v) is 35.7. The molecule has 2 atom stereocenters. The van der Waals surface area contributed by atoms with E-state index >= 15 is 0 Å². The fourth-order valence-electron chi connectivity index (χ4n) is 12.8. The highest BCUT2D eigenvalue weighted by atomic mass is 16.6. The summed E-state index contributed by atoms with van der Waals surface area (Å²) in [5, 5.41) is 0. The summed E-state index contributed by atoms with van der Waals surface area (Å²) in [5.41, 5.74) is 19.6. The first kappa shape index (κ1) is 36.6. The first-order chi connectivity index (χ1) is 32.3. The van der Waals surface area contributed by atoms with Crippen LogP contribution >= 0.6 is 0 Å². The fourth-order valence-corrected chi connectivity index (χ4v) is 12.8. The summed E-state index contributed by atoms with van der Waals surface area (Å²) in [6.45, 7) is 0. The number of fused-ring (bicyclic) bond motifs is 15. The van der Waals surface area contributed by atoms with Gasteiger partial charge in [0.05, 0.1) is 16.5 Å². The molecular weight excluding hydrogens is 791 g/mol. The van der Waals surface area contributed by atoms with E-state index in [1.807, 2.05) is 0 Å². The third-order valence-corrected chi connectivity index (χ3v) is 15.1. The fraction of sp³-hybridized carbons (Fsp3) is 0.0968. The molecule has 0 fully saturated rings. The molecule has 0 saturated carbocycles. The van der Waals surface area contributed by atoms with Crippen LogP contribution in [0.5, 0.6) is 23.0 Å². The molecular formula is C62H43NO2. The van der Waals surface area contributed by atoms with Gasteiger partial charge in [0.1, 0.15) is 0 Å². The number of allylic oxidation sites excluding steroid dienone is 7. The van der Waals surface area contributed by atoms with Gasteiger partial charge in [-0.25, -0.2) is 0 Å². The van der Waals surface area contributed by atoms with Crippen LogP contribution in [-0.2, 0) is 10.8 Å². The van der Waals surface area contributed by atoms with Crippen LogP contribution in [0.25, 0.3) is 22.3 Å². The summed E-state index contributed by atoms with van der Waals surface area (Å²) in [6, 6.07) is 71.1. The Morgan fingerprint density at radius 3 is 1.86 bits per heavy atom. The number of rotatable bonds is 5. The van der Waals surface area contributed by atoms with Crippen LogP contribution in [0.1, 0.15) is 63.8 Å². The summed E-state index contributed by atoms with van der Waals surface area (Å²) in [6.07, 6.45) is 12.4. The Balaban J connectivity index is 0.926. The van der Waals surface area contributed by atoms with Gasteiger partial charge in [0.25, 0.3) is 0 Å². The van der Waals surface area contributed by atoms with Crippen molar-refractivity contribution in [2.45, 2.75) is 30.1 Å². The minimum absolute atomic E-state index is 0.150. The van der Waals surface area contributed by atoms with Crippen LogP contribution in [0.4, 0.5) is 11.4 Å². The van der Waals surface area contributed by atoms with Crippen molar-refractivity contribution >= 4 is 22.5 Å². The second-order valence-electron chi connectivity index (χ2n) is 18.1. The first-order valence-electron chi connectivity index (χ1n) is 23.0. The molecule has 0 N–H and O–H groups in total. The molecule has 6 aliphatic rings. The highest BCUT2D eigenvalue weighted by molar-refractivity contribution is 5.99. The van der Waals surface area contributed by atoms with Gasteiger partial charge in [0, 0.05) is 28.9 Å². The quantitative estimate of drug-likeness (QED) is 0.172. The minimum Gasteiger partial charge on any atom is -0.449 e. The molecule has 0 aromatic heterocycles. The Hall–Kier alpha value is -7.88. The zero-order valence-electron chi connectivity index (χ0n) is 35.7. The number of anilines is 2. The van der Waals surface area contributed by atoms with E-state index < -0.39 is 0 Å². The maximum Gasteiger partial charge on any atom is 0.178 e.